The van der Waals surface area contributed by atoms with E-state index in [2.05, 4.69) is 34.8 Å². The molecule has 4 rings (SSSR count). The largest absolute Gasteiger partial charge is 0.491 e. The van der Waals surface area contributed by atoms with Crippen LogP contribution in [0.3, 0.4) is 0 Å². The van der Waals surface area contributed by atoms with Gasteiger partial charge < -0.3 is 14.6 Å². The predicted octanol–water partition coefficient (Wildman–Crippen LogP) is 4.06. The van der Waals surface area contributed by atoms with E-state index in [1.807, 2.05) is 36.4 Å². The maximum Gasteiger partial charge on any atom is 0.270 e. The Bertz CT molecular complexity index is 1170. The number of benzene rings is 2. The van der Waals surface area contributed by atoms with Crippen LogP contribution in [-0.2, 0) is 13.1 Å². The average Bonchev–Trinajstić information content (AvgIpc) is 3.13. The zero-order valence-corrected chi connectivity index (χ0v) is 17.1. The van der Waals surface area contributed by atoms with E-state index in [1.54, 1.807) is 24.4 Å². The van der Waals surface area contributed by atoms with Crippen LogP contribution in [0.15, 0.2) is 66.9 Å². The monoisotopic (exact) mass is 400 g/mol. The summed E-state index contributed by atoms with van der Waals surface area (Å²) >= 11 is 0. The molecule has 0 unspecified atom stereocenters. The van der Waals surface area contributed by atoms with Crippen LogP contribution in [0.5, 0.6) is 5.75 Å². The molecule has 4 aromatic rings. The minimum Gasteiger partial charge on any atom is -0.491 e. The van der Waals surface area contributed by atoms with Crippen molar-refractivity contribution in [2.45, 2.75) is 26.9 Å². The van der Waals surface area contributed by atoms with Crippen molar-refractivity contribution < 1.29 is 9.53 Å². The van der Waals surface area contributed by atoms with Gasteiger partial charge in [-0.25, -0.2) is 4.98 Å². The molecule has 0 aliphatic carbocycles. The van der Waals surface area contributed by atoms with Crippen LogP contribution in [0.25, 0.3) is 11.0 Å². The van der Waals surface area contributed by atoms with Crippen LogP contribution in [0.2, 0.25) is 0 Å². The molecular formula is C24H24N4O2. The molecule has 30 heavy (non-hydrogen) atoms. The number of pyridine rings is 1. The number of para-hydroxylation sites is 2. The number of aryl methyl sites for hydroxylation is 1. The Morgan fingerprint density at radius 2 is 1.87 bits per heavy atom. The van der Waals surface area contributed by atoms with Gasteiger partial charge in [-0.3, -0.25) is 9.78 Å². The lowest BCUT2D eigenvalue weighted by molar-refractivity contribution is 0.0944. The summed E-state index contributed by atoms with van der Waals surface area (Å²) in [5, 5.41) is 2.92. The van der Waals surface area contributed by atoms with Gasteiger partial charge in [-0.15, -0.1) is 0 Å². The summed E-state index contributed by atoms with van der Waals surface area (Å²) in [7, 11) is 0. The number of nitrogens with one attached hydrogen (secondary N) is 1. The highest BCUT2D eigenvalue weighted by atomic mass is 16.5. The van der Waals surface area contributed by atoms with Crippen molar-refractivity contribution in [2.24, 2.45) is 0 Å². The first kappa shape index (κ1) is 19.6. The third-order valence-electron chi connectivity index (χ3n) is 5.17. The van der Waals surface area contributed by atoms with Crippen LogP contribution in [0.4, 0.5) is 0 Å². The van der Waals surface area contributed by atoms with Gasteiger partial charge in [0.2, 0.25) is 0 Å². The fraction of sp³-hybridized carbons (Fsp3) is 0.208. The average molecular weight is 400 g/mol. The number of nitrogens with zero attached hydrogens (tertiary/aromatic N) is 3. The SMILES string of the molecule is Cc1cccc(OCCn2c(CNC(=O)c3ccccn3)nc3ccccc32)c1C. The Kier molecular flexibility index (Phi) is 5.75. The Morgan fingerprint density at radius 3 is 2.70 bits per heavy atom. The van der Waals surface area contributed by atoms with Crippen molar-refractivity contribution in [3.63, 3.8) is 0 Å². The summed E-state index contributed by atoms with van der Waals surface area (Å²) in [4.78, 5) is 21.2. The minimum absolute atomic E-state index is 0.221. The fourth-order valence-corrected chi connectivity index (χ4v) is 3.38. The van der Waals surface area contributed by atoms with Crippen LogP contribution < -0.4 is 10.1 Å². The summed E-state index contributed by atoms with van der Waals surface area (Å²) in [5.41, 5.74) is 4.66. The van der Waals surface area contributed by atoms with Gasteiger partial charge in [0.1, 0.15) is 23.9 Å². The fourth-order valence-electron chi connectivity index (χ4n) is 3.38. The number of rotatable bonds is 7. The number of amides is 1. The van der Waals surface area contributed by atoms with E-state index in [-0.39, 0.29) is 5.91 Å². The highest BCUT2D eigenvalue weighted by Crippen LogP contribution is 2.21. The first-order valence-electron chi connectivity index (χ1n) is 9.96. The molecule has 152 valence electrons. The summed E-state index contributed by atoms with van der Waals surface area (Å²) in [6.07, 6.45) is 1.61. The Balaban J connectivity index is 1.50. The van der Waals surface area contributed by atoms with Crippen molar-refractivity contribution in [2.75, 3.05) is 6.61 Å². The summed E-state index contributed by atoms with van der Waals surface area (Å²) in [5.74, 6) is 1.45. The molecule has 1 N–H and O–H groups in total. The molecule has 2 aromatic heterocycles. The molecule has 6 nitrogen and oxygen atoms in total. The van der Waals surface area contributed by atoms with Crippen LogP contribution >= 0.6 is 0 Å². The molecule has 0 saturated heterocycles. The van der Waals surface area contributed by atoms with E-state index < -0.39 is 0 Å². The Hall–Kier alpha value is -3.67. The topological polar surface area (TPSA) is 69.0 Å². The molecule has 0 spiro atoms. The molecule has 0 fully saturated rings. The molecular weight excluding hydrogens is 376 g/mol. The molecule has 0 aliphatic heterocycles. The van der Waals surface area contributed by atoms with Crippen molar-refractivity contribution in [1.82, 2.24) is 19.9 Å². The second-order valence-corrected chi connectivity index (χ2v) is 7.11. The van der Waals surface area contributed by atoms with Crippen molar-refractivity contribution in [3.05, 3.63) is 89.5 Å². The lowest BCUT2D eigenvalue weighted by atomic mass is 10.1. The van der Waals surface area contributed by atoms with Crippen molar-refractivity contribution in [1.29, 1.82) is 0 Å². The molecule has 1 amide bonds. The minimum atomic E-state index is -0.221. The maximum absolute atomic E-state index is 12.4. The smallest absolute Gasteiger partial charge is 0.270 e. The number of carbonyl (C=O) groups excluding carboxylic acids is 1. The molecule has 2 aromatic carbocycles. The predicted molar refractivity (Wildman–Crippen MR) is 117 cm³/mol. The summed E-state index contributed by atoms with van der Waals surface area (Å²) in [6, 6.07) is 19.3. The number of hydrogen-bond donors (Lipinski definition) is 1. The van der Waals surface area contributed by atoms with Gasteiger partial charge in [-0.2, -0.15) is 0 Å². The number of hydrogen-bond acceptors (Lipinski definition) is 4. The van der Waals surface area contributed by atoms with Crippen LogP contribution in [0, 0.1) is 13.8 Å². The number of fused-ring (bicyclic) bond motifs is 1. The number of aromatic nitrogens is 3. The molecule has 2 heterocycles. The molecule has 0 saturated carbocycles. The first-order valence-corrected chi connectivity index (χ1v) is 9.96. The van der Waals surface area contributed by atoms with Gasteiger partial charge in [0.05, 0.1) is 24.1 Å². The van der Waals surface area contributed by atoms with Gasteiger partial charge in [0.25, 0.3) is 5.91 Å². The van der Waals surface area contributed by atoms with E-state index in [0.29, 0.717) is 25.4 Å². The number of imidazole rings is 1. The third kappa shape index (κ3) is 4.17. The van der Waals surface area contributed by atoms with Gasteiger partial charge in [0, 0.05) is 6.20 Å². The van der Waals surface area contributed by atoms with E-state index in [0.717, 1.165) is 28.2 Å². The van der Waals surface area contributed by atoms with Gasteiger partial charge in [0.15, 0.2) is 0 Å². The zero-order valence-electron chi connectivity index (χ0n) is 17.1. The lowest BCUT2D eigenvalue weighted by Gasteiger charge is -2.13. The zero-order chi connectivity index (χ0) is 20.9. The Morgan fingerprint density at radius 1 is 1.03 bits per heavy atom. The molecule has 0 bridgehead atoms. The van der Waals surface area contributed by atoms with Crippen molar-refractivity contribution >= 4 is 16.9 Å². The second-order valence-electron chi connectivity index (χ2n) is 7.11. The second kappa shape index (κ2) is 8.78. The van der Waals surface area contributed by atoms with E-state index in [9.17, 15) is 4.79 Å². The highest BCUT2D eigenvalue weighted by Gasteiger charge is 2.13. The quantitative estimate of drug-likeness (QED) is 0.508. The highest BCUT2D eigenvalue weighted by molar-refractivity contribution is 5.92. The molecule has 0 atom stereocenters. The van der Waals surface area contributed by atoms with Gasteiger partial charge in [-0.1, -0.05) is 30.3 Å². The summed E-state index contributed by atoms with van der Waals surface area (Å²) in [6.45, 7) is 5.59. The molecule has 0 aliphatic rings. The van der Waals surface area contributed by atoms with E-state index in [1.165, 1.54) is 5.56 Å². The van der Waals surface area contributed by atoms with Crippen LogP contribution in [0.1, 0.15) is 27.4 Å². The van der Waals surface area contributed by atoms with E-state index in [4.69, 9.17) is 9.72 Å². The third-order valence-corrected chi connectivity index (χ3v) is 5.17. The number of carbonyl (C=O) groups is 1. The molecule has 6 heteroatoms. The lowest BCUT2D eigenvalue weighted by Crippen LogP contribution is -2.26. The summed E-state index contributed by atoms with van der Waals surface area (Å²) < 4.78 is 8.14. The van der Waals surface area contributed by atoms with Gasteiger partial charge in [-0.05, 0) is 55.3 Å². The van der Waals surface area contributed by atoms with Gasteiger partial charge >= 0.3 is 0 Å². The van der Waals surface area contributed by atoms with Crippen molar-refractivity contribution in [3.8, 4) is 5.75 Å². The van der Waals surface area contributed by atoms with Crippen LogP contribution in [-0.4, -0.2) is 27.0 Å². The first-order chi connectivity index (χ1) is 14.6. The number of ether oxygens (including phenoxy) is 1. The molecule has 0 radical (unpaired) electrons. The standard InChI is InChI=1S/C24H24N4O2/c1-17-8-7-12-22(18(17)2)30-15-14-28-21-11-4-3-9-19(21)27-23(28)16-26-24(29)20-10-5-6-13-25-20/h3-13H,14-16H2,1-2H3,(H,26,29). The maximum atomic E-state index is 12.4. The normalized spacial score (nSPS) is 10.9. The van der Waals surface area contributed by atoms with E-state index >= 15 is 0 Å². The Labute approximate surface area is 175 Å².